The highest BCUT2D eigenvalue weighted by molar-refractivity contribution is 5.75. The third-order valence-electron chi connectivity index (χ3n) is 1.63. The number of ether oxygens (including phenoxy) is 1. The number of carbonyl (C=O) groups excluding carboxylic acids is 1. The van der Waals surface area contributed by atoms with Gasteiger partial charge in [-0.15, -0.1) is 0 Å². The maximum absolute atomic E-state index is 11.4. The smallest absolute Gasteiger partial charge is 0.323 e. The Morgan fingerprint density at radius 2 is 1.92 bits per heavy atom. The summed E-state index contributed by atoms with van der Waals surface area (Å²) in [5.74, 6) is -0.127. The van der Waals surface area contributed by atoms with Crippen LogP contribution in [0.5, 0.6) is 0 Å². The van der Waals surface area contributed by atoms with Gasteiger partial charge in [0.05, 0.1) is 6.10 Å². The first-order chi connectivity index (χ1) is 5.49. The Morgan fingerprint density at radius 3 is 2.17 bits per heavy atom. The largest absolute Gasteiger partial charge is 0.462 e. The first-order valence-corrected chi connectivity index (χ1v) is 4.36. The first kappa shape index (κ1) is 11.4. The predicted octanol–water partition coefficient (Wildman–Crippen LogP) is 1.28. The van der Waals surface area contributed by atoms with Gasteiger partial charge >= 0.3 is 5.97 Å². The van der Waals surface area contributed by atoms with Gasteiger partial charge in [0.15, 0.2) is 0 Å². The average Bonchev–Trinajstić information content (AvgIpc) is 1.85. The van der Waals surface area contributed by atoms with E-state index in [2.05, 4.69) is 0 Å². The van der Waals surface area contributed by atoms with Crippen molar-refractivity contribution in [3.05, 3.63) is 0 Å². The minimum Gasteiger partial charge on any atom is -0.462 e. The lowest BCUT2D eigenvalue weighted by Crippen LogP contribution is -2.37. The summed E-state index contributed by atoms with van der Waals surface area (Å²) in [6.45, 7) is 5.70. The Bertz CT molecular complexity index is 143. The number of hydrogen-bond acceptors (Lipinski definition) is 3. The second kappa shape index (κ2) is 5.14. The average molecular weight is 173 g/mol. The van der Waals surface area contributed by atoms with E-state index in [1.165, 1.54) is 0 Å². The summed E-state index contributed by atoms with van der Waals surface area (Å²) in [5.41, 5.74) is 0. The number of hydrogen-bond donors (Lipinski definition) is 0. The van der Waals surface area contributed by atoms with Crippen LogP contribution >= 0.6 is 0 Å². The summed E-state index contributed by atoms with van der Waals surface area (Å²) in [4.78, 5) is 13.2. The molecular formula is C9H19NO2. The molecule has 3 nitrogen and oxygen atoms in total. The molecule has 0 fully saturated rings. The summed E-state index contributed by atoms with van der Waals surface area (Å²) in [5, 5.41) is 0. The lowest BCUT2D eigenvalue weighted by atomic mass is 10.2. The van der Waals surface area contributed by atoms with Crippen molar-refractivity contribution in [2.24, 2.45) is 0 Å². The van der Waals surface area contributed by atoms with Gasteiger partial charge in [0.1, 0.15) is 6.04 Å². The maximum Gasteiger partial charge on any atom is 0.323 e. The van der Waals surface area contributed by atoms with Crippen molar-refractivity contribution in [2.45, 2.75) is 39.3 Å². The van der Waals surface area contributed by atoms with E-state index in [4.69, 9.17) is 4.74 Å². The quantitative estimate of drug-likeness (QED) is 0.600. The molecule has 0 aromatic heterocycles. The molecule has 1 atom stereocenters. The molecule has 0 N–H and O–H groups in total. The Morgan fingerprint density at radius 1 is 1.42 bits per heavy atom. The highest BCUT2D eigenvalue weighted by Crippen LogP contribution is 2.03. The van der Waals surface area contributed by atoms with E-state index in [1.807, 2.05) is 39.8 Å². The zero-order valence-corrected chi connectivity index (χ0v) is 8.63. The van der Waals surface area contributed by atoms with Crippen molar-refractivity contribution in [3.8, 4) is 0 Å². The van der Waals surface area contributed by atoms with Crippen LogP contribution in [0.1, 0.15) is 27.2 Å². The molecule has 0 aromatic carbocycles. The van der Waals surface area contributed by atoms with Crippen LogP contribution < -0.4 is 0 Å². The third kappa shape index (κ3) is 3.72. The second-order valence-corrected chi connectivity index (χ2v) is 3.37. The fourth-order valence-electron chi connectivity index (χ4n) is 1.05. The fourth-order valence-corrected chi connectivity index (χ4v) is 1.05. The van der Waals surface area contributed by atoms with Crippen molar-refractivity contribution in [3.63, 3.8) is 0 Å². The van der Waals surface area contributed by atoms with Gasteiger partial charge < -0.3 is 4.74 Å². The third-order valence-corrected chi connectivity index (χ3v) is 1.63. The van der Waals surface area contributed by atoms with Crippen molar-refractivity contribution in [1.29, 1.82) is 0 Å². The zero-order valence-electron chi connectivity index (χ0n) is 8.63. The van der Waals surface area contributed by atoms with Gasteiger partial charge in [-0.2, -0.15) is 0 Å². The molecule has 0 saturated heterocycles. The molecule has 12 heavy (non-hydrogen) atoms. The van der Waals surface area contributed by atoms with Gasteiger partial charge in [-0.25, -0.2) is 0 Å². The Kier molecular flexibility index (Phi) is 4.90. The van der Waals surface area contributed by atoms with E-state index in [-0.39, 0.29) is 18.1 Å². The molecular weight excluding hydrogens is 154 g/mol. The lowest BCUT2D eigenvalue weighted by molar-refractivity contribution is -0.153. The number of esters is 1. The monoisotopic (exact) mass is 173 g/mol. The number of rotatable bonds is 4. The van der Waals surface area contributed by atoms with E-state index in [1.54, 1.807) is 0 Å². The van der Waals surface area contributed by atoms with Gasteiger partial charge in [0.2, 0.25) is 0 Å². The molecule has 0 aliphatic heterocycles. The molecule has 1 unspecified atom stereocenters. The molecule has 0 saturated carbocycles. The number of nitrogens with zero attached hydrogens (tertiary/aromatic N) is 1. The molecule has 0 spiro atoms. The van der Waals surface area contributed by atoms with Gasteiger partial charge in [0, 0.05) is 0 Å². The summed E-state index contributed by atoms with van der Waals surface area (Å²) < 4.78 is 5.08. The molecule has 0 aliphatic carbocycles. The molecule has 0 radical (unpaired) electrons. The van der Waals surface area contributed by atoms with Crippen molar-refractivity contribution >= 4 is 5.97 Å². The topological polar surface area (TPSA) is 29.5 Å². The Hall–Kier alpha value is -0.570. The molecule has 0 heterocycles. The van der Waals surface area contributed by atoms with Crippen molar-refractivity contribution in [1.82, 2.24) is 4.90 Å². The minimum absolute atomic E-state index is 0.0218. The zero-order chi connectivity index (χ0) is 9.72. The molecule has 0 amide bonds. The molecule has 0 bridgehead atoms. The SMILES string of the molecule is CCC(C(=O)OC(C)C)N(C)C. The van der Waals surface area contributed by atoms with Gasteiger partial charge in [-0.1, -0.05) is 6.92 Å². The van der Waals surface area contributed by atoms with Crippen LogP contribution in [0, 0.1) is 0 Å². The van der Waals surface area contributed by atoms with E-state index < -0.39 is 0 Å². The summed E-state index contributed by atoms with van der Waals surface area (Å²) in [7, 11) is 3.77. The van der Waals surface area contributed by atoms with Gasteiger partial charge in [-0.05, 0) is 34.4 Å². The van der Waals surface area contributed by atoms with Crippen LogP contribution in [0.3, 0.4) is 0 Å². The lowest BCUT2D eigenvalue weighted by Gasteiger charge is -2.22. The molecule has 0 rings (SSSR count). The molecule has 72 valence electrons. The number of likely N-dealkylation sites (N-methyl/N-ethyl adjacent to an activating group) is 1. The number of carbonyl (C=O) groups is 1. The van der Waals surface area contributed by atoms with Crippen LogP contribution in [0.25, 0.3) is 0 Å². The van der Waals surface area contributed by atoms with E-state index in [9.17, 15) is 4.79 Å². The van der Waals surface area contributed by atoms with Crippen LogP contribution in [-0.4, -0.2) is 37.1 Å². The minimum atomic E-state index is -0.127. The second-order valence-electron chi connectivity index (χ2n) is 3.37. The van der Waals surface area contributed by atoms with Crippen LogP contribution in [0.15, 0.2) is 0 Å². The van der Waals surface area contributed by atoms with Gasteiger partial charge in [-0.3, -0.25) is 9.69 Å². The summed E-state index contributed by atoms with van der Waals surface area (Å²) >= 11 is 0. The summed E-state index contributed by atoms with van der Waals surface area (Å²) in [6.07, 6.45) is 0.768. The van der Waals surface area contributed by atoms with E-state index in [0.717, 1.165) is 6.42 Å². The van der Waals surface area contributed by atoms with Crippen LogP contribution in [-0.2, 0) is 9.53 Å². The van der Waals surface area contributed by atoms with Crippen molar-refractivity contribution in [2.75, 3.05) is 14.1 Å². The van der Waals surface area contributed by atoms with E-state index in [0.29, 0.717) is 0 Å². The maximum atomic E-state index is 11.4. The normalized spacial score (nSPS) is 13.6. The molecule has 0 aliphatic rings. The van der Waals surface area contributed by atoms with Crippen molar-refractivity contribution < 1.29 is 9.53 Å². The Balaban J connectivity index is 4.04. The fraction of sp³-hybridized carbons (Fsp3) is 0.889. The van der Waals surface area contributed by atoms with E-state index >= 15 is 0 Å². The summed E-state index contributed by atoms with van der Waals surface area (Å²) in [6, 6.07) is -0.104. The molecule has 3 heteroatoms. The molecule has 0 aromatic rings. The standard InChI is InChI=1S/C9H19NO2/c1-6-8(10(4)5)9(11)12-7(2)3/h7-8H,6H2,1-5H3. The highest BCUT2D eigenvalue weighted by atomic mass is 16.5. The Labute approximate surface area is 74.7 Å². The van der Waals surface area contributed by atoms with Crippen LogP contribution in [0.2, 0.25) is 0 Å². The van der Waals surface area contributed by atoms with Crippen LogP contribution in [0.4, 0.5) is 0 Å². The predicted molar refractivity (Wildman–Crippen MR) is 49.0 cm³/mol. The highest BCUT2D eigenvalue weighted by Gasteiger charge is 2.20. The van der Waals surface area contributed by atoms with Gasteiger partial charge in [0.25, 0.3) is 0 Å². The first-order valence-electron chi connectivity index (χ1n) is 4.36.